The number of sulfonamides is 1. The van der Waals surface area contributed by atoms with Crippen LogP contribution >= 0.6 is 23.4 Å². The van der Waals surface area contributed by atoms with E-state index in [0.717, 1.165) is 16.4 Å². The van der Waals surface area contributed by atoms with Crippen molar-refractivity contribution in [1.82, 2.24) is 9.21 Å². The summed E-state index contributed by atoms with van der Waals surface area (Å²) in [5, 5.41) is -0.0632. The number of amides is 1. The van der Waals surface area contributed by atoms with Gasteiger partial charge in [0.2, 0.25) is 15.9 Å². The van der Waals surface area contributed by atoms with E-state index in [1.807, 2.05) is 13.8 Å². The van der Waals surface area contributed by atoms with Crippen molar-refractivity contribution < 1.29 is 17.6 Å². The van der Waals surface area contributed by atoms with Crippen molar-refractivity contribution in [3.63, 3.8) is 0 Å². The summed E-state index contributed by atoms with van der Waals surface area (Å²) < 4.78 is 40.1. The Morgan fingerprint density at radius 2 is 2.13 bits per heavy atom. The number of nitrogens with zero attached hydrogens (tertiary/aromatic N) is 2. The first-order valence-corrected chi connectivity index (χ1v) is 9.95. The van der Waals surface area contributed by atoms with Crippen LogP contribution in [0, 0.1) is 5.82 Å². The second-order valence-corrected chi connectivity index (χ2v) is 8.79. The summed E-state index contributed by atoms with van der Waals surface area (Å²) in [6.45, 7) is 3.70. The van der Waals surface area contributed by atoms with Crippen molar-refractivity contribution in [3.05, 3.63) is 29.0 Å². The molecular formula is C14H18ClFN2O3S2. The van der Waals surface area contributed by atoms with Crippen LogP contribution < -0.4 is 0 Å². The van der Waals surface area contributed by atoms with E-state index in [4.69, 9.17) is 11.6 Å². The second kappa shape index (κ2) is 6.96. The lowest BCUT2D eigenvalue weighted by Gasteiger charge is -2.29. The molecule has 0 radical (unpaired) electrons. The van der Waals surface area contributed by atoms with Crippen LogP contribution in [0.2, 0.25) is 5.02 Å². The molecule has 1 aliphatic rings. The third kappa shape index (κ3) is 3.65. The fraction of sp³-hybridized carbons (Fsp3) is 0.500. The number of likely N-dealkylation sites (N-methyl/N-ethyl adjacent to an activating group) is 1. The highest BCUT2D eigenvalue weighted by Gasteiger charge is 2.42. The molecule has 1 saturated heterocycles. The Hall–Kier alpha value is -0.830. The molecule has 2 rings (SSSR count). The number of carbonyl (C=O) groups is 1. The molecule has 1 aromatic carbocycles. The van der Waals surface area contributed by atoms with E-state index in [0.29, 0.717) is 5.75 Å². The molecule has 0 bridgehead atoms. The highest BCUT2D eigenvalue weighted by atomic mass is 35.5. The zero-order chi connectivity index (χ0) is 17.4. The SMILES string of the molecule is CC(C)N(C)C(=O)[C@@H]1CSCN1S(=O)(=O)c1cc(F)ccc1Cl. The normalized spacial score (nSPS) is 19.3. The van der Waals surface area contributed by atoms with Gasteiger partial charge in [-0.05, 0) is 32.0 Å². The highest BCUT2D eigenvalue weighted by molar-refractivity contribution is 8.00. The molecule has 0 unspecified atom stereocenters. The van der Waals surface area contributed by atoms with Crippen LogP contribution in [-0.4, -0.2) is 54.3 Å². The third-order valence-electron chi connectivity index (χ3n) is 3.73. The minimum Gasteiger partial charge on any atom is -0.342 e. The van der Waals surface area contributed by atoms with Crippen LogP contribution in [0.1, 0.15) is 13.8 Å². The molecule has 0 N–H and O–H groups in total. The molecule has 9 heteroatoms. The van der Waals surface area contributed by atoms with Crippen molar-refractivity contribution in [1.29, 1.82) is 0 Å². The van der Waals surface area contributed by atoms with Gasteiger partial charge < -0.3 is 4.90 Å². The lowest BCUT2D eigenvalue weighted by Crippen LogP contribution is -2.49. The second-order valence-electron chi connectivity index (χ2n) is 5.53. The minimum atomic E-state index is -4.05. The maximum atomic E-state index is 13.4. The Kier molecular flexibility index (Phi) is 5.60. The van der Waals surface area contributed by atoms with E-state index in [-0.39, 0.29) is 27.7 Å². The Morgan fingerprint density at radius 1 is 1.48 bits per heavy atom. The van der Waals surface area contributed by atoms with Gasteiger partial charge >= 0.3 is 0 Å². The number of benzene rings is 1. The van der Waals surface area contributed by atoms with Gasteiger partial charge in [0.25, 0.3) is 0 Å². The molecule has 0 aromatic heterocycles. The van der Waals surface area contributed by atoms with Gasteiger partial charge in [0.05, 0.1) is 10.9 Å². The summed E-state index contributed by atoms with van der Waals surface area (Å²) in [6.07, 6.45) is 0. The van der Waals surface area contributed by atoms with Crippen molar-refractivity contribution in [2.24, 2.45) is 0 Å². The quantitative estimate of drug-likeness (QED) is 0.804. The molecule has 5 nitrogen and oxygen atoms in total. The fourth-order valence-electron chi connectivity index (χ4n) is 2.15. The van der Waals surface area contributed by atoms with Crippen LogP contribution in [-0.2, 0) is 14.8 Å². The highest BCUT2D eigenvalue weighted by Crippen LogP contribution is 2.32. The molecule has 1 aromatic rings. The van der Waals surface area contributed by atoms with Gasteiger partial charge in [-0.3, -0.25) is 4.79 Å². The average Bonchev–Trinajstić information content (AvgIpc) is 2.98. The van der Waals surface area contributed by atoms with Crippen LogP contribution in [0.25, 0.3) is 0 Å². The average molecular weight is 381 g/mol. The van der Waals surface area contributed by atoms with Gasteiger partial charge in [-0.1, -0.05) is 11.6 Å². The number of thioether (sulfide) groups is 1. The van der Waals surface area contributed by atoms with Crippen molar-refractivity contribution >= 4 is 39.3 Å². The van der Waals surface area contributed by atoms with Crippen molar-refractivity contribution in [2.45, 2.75) is 30.8 Å². The Morgan fingerprint density at radius 3 is 2.74 bits per heavy atom. The fourth-order valence-corrected chi connectivity index (χ4v) is 5.77. The molecule has 1 atom stereocenters. The van der Waals surface area contributed by atoms with E-state index in [9.17, 15) is 17.6 Å². The largest absolute Gasteiger partial charge is 0.342 e. The number of hydrogen-bond acceptors (Lipinski definition) is 4. The molecule has 1 amide bonds. The lowest BCUT2D eigenvalue weighted by atomic mass is 10.2. The van der Waals surface area contributed by atoms with Crippen LogP contribution in [0.3, 0.4) is 0 Å². The molecule has 0 aliphatic carbocycles. The summed E-state index contributed by atoms with van der Waals surface area (Å²) in [5.74, 6) is -0.470. The lowest BCUT2D eigenvalue weighted by molar-refractivity contribution is -0.134. The van der Waals surface area contributed by atoms with E-state index in [1.54, 1.807) is 7.05 Å². The Bertz CT molecular complexity index is 712. The standard InChI is InChI=1S/C14H18ClFN2O3S2/c1-9(2)17(3)14(19)12-7-22-8-18(12)23(20,21)13-6-10(16)4-5-11(13)15/h4-6,9,12H,7-8H2,1-3H3/t12-/m0/s1. The van der Waals surface area contributed by atoms with Gasteiger partial charge in [-0.15, -0.1) is 11.8 Å². The van der Waals surface area contributed by atoms with Gasteiger partial charge in [-0.2, -0.15) is 4.31 Å². The van der Waals surface area contributed by atoms with Gasteiger partial charge in [0.15, 0.2) is 0 Å². The van der Waals surface area contributed by atoms with E-state index in [1.165, 1.54) is 22.7 Å². The molecule has 23 heavy (non-hydrogen) atoms. The predicted octanol–water partition coefficient (Wildman–Crippen LogP) is 2.41. The zero-order valence-electron chi connectivity index (χ0n) is 13.0. The first kappa shape index (κ1) is 18.5. The van der Waals surface area contributed by atoms with E-state index < -0.39 is 21.9 Å². The molecule has 128 valence electrons. The smallest absolute Gasteiger partial charge is 0.246 e. The van der Waals surface area contributed by atoms with Crippen molar-refractivity contribution in [2.75, 3.05) is 18.7 Å². The minimum absolute atomic E-state index is 0.0459. The molecular weight excluding hydrogens is 363 g/mol. The third-order valence-corrected chi connectivity index (χ3v) is 7.24. The maximum absolute atomic E-state index is 13.4. The first-order chi connectivity index (χ1) is 10.7. The summed E-state index contributed by atoms with van der Waals surface area (Å²) in [5.41, 5.74) is 0. The Balaban J connectivity index is 2.39. The summed E-state index contributed by atoms with van der Waals surface area (Å²) in [4.78, 5) is 13.7. The molecule has 1 fully saturated rings. The molecule has 0 saturated carbocycles. The molecule has 1 heterocycles. The predicted molar refractivity (Wildman–Crippen MR) is 89.5 cm³/mol. The van der Waals surface area contributed by atoms with Crippen LogP contribution in [0.4, 0.5) is 4.39 Å². The molecule has 0 spiro atoms. The Labute approximate surface area is 144 Å². The first-order valence-electron chi connectivity index (χ1n) is 6.97. The van der Waals surface area contributed by atoms with Crippen molar-refractivity contribution in [3.8, 4) is 0 Å². The number of carbonyl (C=O) groups excluding carboxylic acids is 1. The van der Waals surface area contributed by atoms with Gasteiger partial charge in [0, 0.05) is 18.8 Å². The monoisotopic (exact) mass is 380 g/mol. The topological polar surface area (TPSA) is 57.7 Å². The maximum Gasteiger partial charge on any atom is 0.246 e. The molecule has 1 aliphatic heterocycles. The van der Waals surface area contributed by atoms with E-state index >= 15 is 0 Å². The van der Waals surface area contributed by atoms with Crippen LogP contribution in [0.5, 0.6) is 0 Å². The van der Waals surface area contributed by atoms with Gasteiger partial charge in [0.1, 0.15) is 16.8 Å². The number of rotatable bonds is 4. The zero-order valence-corrected chi connectivity index (χ0v) is 15.4. The van der Waals surface area contributed by atoms with Gasteiger partial charge in [-0.25, -0.2) is 12.8 Å². The van der Waals surface area contributed by atoms with E-state index in [2.05, 4.69) is 0 Å². The summed E-state index contributed by atoms with van der Waals surface area (Å²) in [7, 11) is -2.42. The van der Waals surface area contributed by atoms with Crippen LogP contribution in [0.15, 0.2) is 23.1 Å². The summed E-state index contributed by atoms with van der Waals surface area (Å²) >= 11 is 7.27. The number of halogens is 2. The number of hydrogen-bond donors (Lipinski definition) is 0. The summed E-state index contributed by atoms with van der Waals surface area (Å²) in [6, 6.07) is 2.32.